The van der Waals surface area contributed by atoms with Gasteiger partial charge in [-0.25, -0.2) is 4.98 Å². The average molecular weight is 448 g/mol. The Bertz CT molecular complexity index is 1210. The van der Waals surface area contributed by atoms with Crippen LogP contribution in [0.5, 0.6) is 0 Å². The highest BCUT2D eigenvalue weighted by atomic mass is 32.2. The van der Waals surface area contributed by atoms with Gasteiger partial charge in [0.15, 0.2) is 0 Å². The van der Waals surface area contributed by atoms with Gasteiger partial charge >= 0.3 is 10.2 Å². The van der Waals surface area contributed by atoms with Crippen molar-refractivity contribution in [2.75, 3.05) is 18.8 Å². The highest BCUT2D eigenvalue weighted by Crippen LogP contribution is 2.26. The number of benzene rings is 1. The number of hydrogen-bond donors (Lipinski definition) is 2. The maximum Gasteiger partial charge on any atom is 0.301 e. The first-order valence-electron chi connectivity index (χ1n) is 10.0. The zero-order valence-corrected chi connectivity index (χ0v) is 19.5. The Morgan fingerprint density at radius 1 is 1.26 bits per heavy atom. The zero-order chi connectivity index (χ0) is 22.9. The van der Waals surface area contributed by atoms with Gasteiger partial charge in [0.2, 0.25) is 0 Å². The van der Waals surface area contributed by atoms with E-state index in [1.807, 2.05) is 24.6 Å². The zero-order valence-electron chi connectivity index (χ0n) is 18.7. The molecule has 0 atom stereocenters. The van der Waals surface area contributed by atoms with E-state index in [0.29, 0.717) is 28.3 Å². The second-order valence-electron chi connectivity index (χ2n) is 8.16. The van der Waals surface area contributed by atoms with Crippen LogP contribution in [0.15, 0.2) is 28.7 Å². The maximum atomic E-state index is 13.1. The van der Waals surface area contributed by atoms with E-state index in [2.05, 4.69) is 28.9 Å². The molecule has 3 rings (SSSR count). The lowest BCUT2D eigenvalue weighted by molar-refractivity contribution is 0.0949. The summed E-state index contributed by atoms with van der Waals surface area (Å²) in [6.07, 6.45) is 0.733. The Labute approximate surface area is 182 Å². The molecule has 0 fully saturated rings. The quantitative estimate of drug-likeness (QED) is 0.552. The molecule has 0 aliphatic heterocycles. The second-order valence-corrected chi connectivity index (χ2v) is 10.0. The van der Waals surface area contributed by atoms with Gasteiger partial charge < -0.3 is 14.3 Å². The van der Waals surface area contributed by atoms with Crippen molar-refractivity contribution >= 4 is 32.8 Å². The van der Waals surface area contributed by atoms with Crippen LogP contribution >= 0.6 is 0 Å². The molecule has 9 nitrogen and oxygen atoms in total. The molecule has 168 valence electrons. The van der Waals surface area contributed by atoms with Crippen LogP contribution in [0.2, 0.25) is 0 Å². The van der Waals surface area contributed by atoms with E-state index in [9.17, 15) is 13.2 Å². The summed E-state index contributed by atoms with van der Waals surface area (Å²) in [5, 5.41) is 2.85. The lowest BCUT2D eigenvalue weighted by atomic mass is 10.1. The Morgan fingerprint density at radius 2 is 1.97 bits per heavy atom. The van der Waals surface area contributed by atoms with Crippen LogP contribution in [-0.4, -0.2) is 42.3 Å². The largest absolute Gasteiger partial charge is 0.465 e. The summed E-state index contributed by atoms with van der Waals surface area (Å²) >= 11 is 0. The molecule has 0 bridgehead atoms. The number of amides is 1. The fraction of sp³-hybridized carbons (Fsp3) is 0.429. The summed E-state index contributed by atoms with van der Waals surface area (Å²) in [7, 11) is 0.993. The molecule has 31 heavy (non-hydrogen) atoms. The van der Waals surface area contributed by atoms with Crippen LogP contribution in [-0.2, 0) is 30.2 Å². The van der Waals surface area contributed by atoms with E-state index in [-0.39, 0.29) is 18.1 Å². The number of aromatic nitrogens is 2. The third-order valence-electron chi connectivity index (χ3n) is 4.84. The van der Waals surface area contributed by atoms with Crippen molar-refractivity contribution in [3.63, 3.8) is 0 Å². The molecule has 3 aromatic rings. The van der Waals surface area contributed by atoms with Gasteiger partial charge in [-0.1, -0.05) is 13.8 Å². The molecular formula is C21H29N5O4S. The van der Waals surface area contributed by atoms with Gasteiger partial charge in [0.05, 0.1) is 28.8 Å². The molecule has 2 heterocycles. The van der Waals surface area contributed by atoms with Crippen molar-refractivity contribution < 1.29 is 17.6 Å². The number of nitrogens with one attached hydrogen (secondary N) is 2. The van der Waals surface area contributed by atoms with E-state index >= 15 is 0 Å². The molecule has 0 saturated heterocycles. The standard InChI is InChI=1S/C21H29N5O4S/c1-13(2)9-19-23-18-11-15(24-31(28,29)25(4)5)10-17(20(18)26(19)6)21(27)22-12-16-8-7-14(3)30-16/h7-8,10-11,13,24H,9,12H2,1-6H3,(H,22,27). The number of furan rings is 1. The lowest BCUT2D eigenvalue weighted by Gasteiger charge is -2.15. The fourth-order valence-corrected chi connectivity index (χ4v) is 3.86. The number of rotatable bonds is 8. The molecule has 2 N–H and O–H groups in total. The van der Waals surface area contributed by atoms with E-state index in [1.165, 1.54) is 20.2 Å². The molecule has 1 amide bonds. The number of imidazole rings is 1. The summed E-state index contributed by atoms with van der Waals surface area (Å²) < 4.78 is 35.6. The van der Waals surface area contributed by atoms with Crippen molar-refractivity contribution in [2.45, 2.75) is 33.7 Å². The molecule has 0 unspecified atom stereocenters. The highest BCUT2D eigenvalue weighted by Gasteiger charge is 2.21. The number of aryl methyl sites for hydroxylation is 2. The van der Waals surface area contributed by atoms with Gasteiger partial charge in [0.25, 0.3) is 5.91 Å². The fourth-order valence-electron chi connectivity index (χ4n) is 3.26. The predicted molar refractivity (Wildman–Crippen MR) is 120 cm³/mol. The van der Waals surface area contributed by atoms with Gasteiger partial charge in [-0.15, -0.1) is 0 Å². The van der Waals surface area contributed by atoms with Crippen LogP contribution in [0.4, 0.5) is 5.69 Å². The van der Waals surface area contributed by atoms with Crippen molar-refractivity contribution in [3.8, 4) is 0 Å². The molecule has 0 saturated carbocycles. The van der Waals surface area contributed by atoms with Gasteiger partial charge in [-0.2, -0.15) is 12.7 Å². The molecule has 0 aliphatic rings. The number of anilines is 1. The Kier molecular flexibility index (Phi) is 6.42. The van der Waals surface area contributed by atoms with Crippen LogP contribution in [0.25, 0.3) is 11.0 Å². The van der Waals surface area contributed by atoms with Crippen molar-refractivity contribution in [1.82, 2.24) is 19.2 Å². The van der Waals surface area contributed by atoms with Crippen LogP contribution < -0.4 is 10.0 Å². The van der Waals surface area contributed by atoms with E-state index < -0.39 is 10.2 Å². The van der Waals surface area contributed by atoms with Crippen molar-refractivity contribution in [3.05, 3.63) is 47.2 Å². The minimum atomic E-state index is -3.74. The molecule has 0 aliphatic carbocycles. The summed E-state index contributed by atoms with van der Waals surface area (Å²) in [5.41, 5.74) is 1.81. The SMILES string of the molecule is Cc1ccc(CNC(=O)c2cc(NS(=O)(=O)N(C)C)cc3nc(CC(C)C)n(C)c23)o1. The lowest BCUT2D eigenvalue weighted by Crippen LogP contribution is -2.29. The number of carbonyl (C=O) groups is 1. The van der Waals surface area contributed by atoms with Crippen molar-refractivity contribution in [1.29, 1.82) is 0 Å². The van der Waals surface area contributed by atoms with Crippen LogP contribution in [0, 0.1) is 12.8 Å². The number of hydrogen-bond acceptors (Lipinski definition) is 5. The minimum Gasteiger partial charge on any atom is -0.465 e. The summed E-state index contributed by atoms with van der Waals surface area (Å²) in [4.78, 5) is 17.8. The van der Waals surface area contributed by atoms with Gasteiger partial charge in [-0.05, 0) is 37.1 Å². The molecule has 0 radical (unpaired) electrons. The first-order valence-corrected chi connectivity index (χ1v) is 11.4. The summed E-state index contributed by atoms with van der Waals surface area (Å²) in [5.74, 6) is 2.26. The van der Waals surface area contributed by atoms with E-state index in [1.54, 1.807) is 12.1 Å². The average Bonchev–Trinajstić information content (AvgIpc) is 3.21. The smallest absolute Gasteiger partial charge is 0.301 e. The second kappa shape index (κ2) is 8.72. The third-order valence-corrected chi connectivity index (χ3v) is 6.30. The topological polar surface area (TPSA) is 109 Å². The normalized spacial score (nSPS) is 12.1. The highest BCUT2D eigenvalue weighted by molar-refractivity contribution is 7.90. The van der Waals surface area contributed by atoms with Crippen LogP contribution in [0.1, 0.15) is 41.6 Å². The van der Waals surface area contributed by atoms with Crippen LogP contribution in [0.3, 0.4) is 0 Å². The number of carbonyl (C=O) groups excluding carboxylic acids is 1. The monoisotopic (exact) mass is 447 g/mol. The van der Waals surface area contributed by atoms with Crippen molar-refractivity contribution in [2.24, 2.45) is 13.0 Å². The Balaban J connectivity index is 2.04. The molecular weight excluding hydrogens is 418 g/mol. The van der Waals surface area contributed by atoms with Gasteiger partial charge in [0, 0.05) is 27.6 Å². The van der Waals surface area contributed by atoms with Gasteiger partial charge in [0.1, 0.15) is 17.3 Å². The number of fused-ring (bicyclic) bond motifs is 1. The van der Waals surface area contributed by atoms with E-state index in [0.717, 1.165) is 22.3 Å². The molecule has 2 aromatic heterocycles. The maximum absolute atomic E-state index is 13.1. The first-order chi connectivity index (χ1) is 14.5. The Morgan fingerprint density at radius 3 is 2.55 bits per heavy atom. The predicted octanol–water partition coefficient (Wildman–Crippen LogP) is 2.82. The van der Waals surface area contributed by atoms with E-state index in [4.69, 9.17) is 4.42 Å². The third kappa shape index (κ3) is 5.08. The molecule has 0 spiro atoms. The first kappa shape index (κ1) is 22.8. The molecule has 1 aromatic carbocycles. The minimum absolute atomic E-state index is 0.221. The summed E-state index contributed by atoms with van der Waals surface area (Å²) in [6, 6.07) is 6.81. The Hall–Kier alpha value is -2.85. The van der Waals surface area contributed by atoms with Gasteiger partial charge in [-0.3, -0.25) is 9.52 Å². The summed E-state index contributed by atoms with van der Waals surface area (Å²) in [6.45, 7) is 6.24. The number of nitrogens with zero attached hydrogens (tertiary/aromatic N) is 3. The molecule has 10 heteroatoms.